The standard InChI is InChI=1S/C23H21F2N3O5/c1-12-18(21(30)28(3)23(33)27(12)2)14-9-7-13(8-10-14)11-17(22(31)32)26-20(29)19-15(24)5-4-6-16(19)25/h4-10,17H,11H2,1-3H3,(H,26,29)(H,31,32)/t17-/m0/s1. The molecule has 1 heterocycles. The van der Waals surface area contributed by atoms with Gasteiger partial charge in [-0.3, -0.25) is 14.2 Å². The second-order valence-corrected chi connectivity index (χ2v) is 7.53. The van der Waals surface area contributed by atoms with Crippen LogP contribution in [-0.2, 0) is 25.3 Å². The lowest BCUT2D eigenvalue weighted by Crippen LogP contribution is -2.43. The Hall–Kier alpha value is -4.08. The summed E-state index contributed by atoms with van der Waals surface area (Å²) in [6, 6.07) is 7.79. The maximum Gasteiger partial charge on any atom is 0.330 e. The highest BCUT2D eigenvalue weighted by molar-refractivity contribution is 5.97. The van der Waals surface area contributed by atoms with Crippen LogP contribution in [0.3, 0.4) is 0 Å². The van der Waals surface area contributed by atoms with Crippen LogP contribution in [-0.4, -0.2) is 32.2 Å². The number of hydrogen-bond donors (Lipinski definition) is 2. The summed E-state index contributed by atoms with van der Waals surface area (Å²) in [7, 11) is 2.92. The fourth-order valence-corrected chi connectivity index (χ4v) is 3.47. The van der Waals surface area contributed by atoms with Crippen molar-refractivity contribution in [2.45, 2.75) is 19.4 Å². The molecule has 0 aliphatic carbocycles. The molecule has 0 aliphatic rings. The third kappa shape index (κ3) is 4.59. The molecule has 33 heavy (non-hydrogen) atoms. The molecule has 0 aliphatic heterocycles. The number of aromatic nitrogens is 2. The number of carbonyl (C=O) groups is 2. The first-order valence-corrected chi connectivity index (χ1v) is 9.86. The number of amides is 1. The molecule has 0 spiro atoms. The highest BCUT2D eigenvalue weighted by atomic mass is 19.1. The van der Waals surface area contributed by atoms with Gasteiger partial charge in [-0.25, -0.2) is 18.4 Å². The number of aliphatic carboxylic acids is 1. The second kappa shape index (κ2) is 9.19. The smallest absolute Gasteiger partial charge is 0.330 e. The number of halogens is 2. The summed E-state index contributed by atoms with van der Waals surface area (Å²) in [5.74, 6) is -4.77. The summed E-state index contributed by atoms with van der Waals surface area (Å²) in [6.45, 7) is 1.64. The number of carbonyl (C=O) groups excluding carboxylic acids is 1. The summed E-state index contributed by atoms with van der Waals surface area (Å²) in [4.78, 5) is 48.6. The molecule has 0 radical (unpaired) electrons. The highest BCUT2D eigenvalue weighted by Crippen LogP contribution is 2.20. The normalized spacial score (nSPS) is 11.8. The predicted molar refractivity (Wildman–Crippen MR) is 116 cm³/mol. The second-order valence-electron chi connectivity index (χ2n) is 7.53. The Morgan fingerprint density at radius 2 is 1.58 bits per heavy atom. The first-order valence-electron chi connectivity index (χ1n) is 9.86. The van der Waals surface area contributed by atoms with Gasteiger partial charge in [-0.1, -0.05) is 30.3 Å². The van der Waals surface area contributed by atoms with Crippen LogP contribution in [0.2, 0.25) is 0 Å². The number of nitrogens with zero attached hydrogens (tertiary/aromatic N) is 2. The van der Waals surface area contributed by atoms with Gasteiger partial charge in [0.1, 0.15) is 23.2 Å². The summed E-state index contributed by atoms with van der Waals surface area (Å²) in [5, 5.41) is 11.6. The number of carboxylic acids is 1. The maximum absolute atomic E-state index is 13.8. The average Bonchev–Trinajstić information content (AvgIpc) is 2.77. The molecular formula is C23H21F2N3O5. The summed E-state index contributed by atoms with van der Waals surface area (Å²) >= 11 is 0. The van der Waals surface area contributed by atoms with Crippen molar-refractivity contribution in [1.82, 2.24) is 14.5 Å². The molecule has 0 unspecified atom stereocenters. The van der Waals surface area contributed by atoms with Gasteiger partial charge in [0.15, 0.2) is 0 Å². The van der Waals surface area contributed by atoms with E-state index in [0.717, 1.165) is 22.8 Å². The van der Waals surface area contributed by atoms with Gasteiger partial charge in [0, 0.05) is 26.2 Å². The van der Waals surface area contributed by atoms with E-state index in [-0.39, 0.29) is 6.42 Å². The fourth-order valence-electron chi connectivity index (χ4n) is 3.47. The van der Waals surface area contributed by atoms with E-state index in [0.29, 0.717) is 22.4 Å². The van der Waals surface area contributed by atoms with Crippen molar-refractivity contribution in [1.29, 1.82) is 0 Å². The van der Waals surface area contributed by atoms with E-state index >= 15 is 0 Å². The van der Waals surface area contributed by atoms with Crippen LogP contribution in [0.5, 0.6) is 0 Å². The van der Waals surface area contributed by atoms with Crippen LogP contribution in [0.4, 0.5) is 8.78 Å². The molecule has 8 nitrogen and oxygen atoms in total. The fraction of sp³-hybridized carbons (Fsp3) is 0.217. The van der Waals surface area contributed by atoms with E-state index in [2.05, 4.69) is 5.32 Å². The van der Waals surface area contributed by atoms with Gasteiger partial charge < -0.3 is 15.0 Å². The third-order valence-electron chi connectivity index (χ3n) is 5.43. The molecule has 2 aromatic carbocycles. The quantitative estimate of drug-likeness (QED) is 0.586. The lowest BCUT2D eigenvalue weighted by molar-refractivity contribution is -0.139. The molecule has 0 fully saturated rings. The topological polar surface area (TPSA) is 110 Å². The van der Waals surface area contributed by atoms with E-state index in [1.165, 1.54) is 11.6 Å². The van der Waals surface area contributed by atoms with Crippen molar-refractivity contribution in [2.24, 2.45) is 14.1 Å². The molecule has 172 valence electrons. The Morgan fingerprint density at radius 3 is 2.12 bits per heavy atom. The lowest BCUT2D eigenvalue weighted by atomic mass is 10.00. The molecule has 0 saturated carbocycles. The molecule has 3 rings (SSSR count). The van der Waals surface area contributed by atoms with Crippen molar-refractivity contribution in [3.63, 3.8) is 0 Å². The Labute approximate surface area is 186 Å². The zero-order valence-electron chi connectivity index (χ0n) is 18.1. The van der Waals surface area contributed by atoms with Gasteiger partial charge in [0.05, 0.1) is 5.56 Å². The molecule has 0 bridgehead atoms. The average molecular weight is 457 g/mol. The summed E-state index contributed by atoms with van der Waals surface area (Å²) < 4.78 is 30.0. The van der Waals surface area contributed by atoms with E-state index in [4.69, 9.17) is 0 Å². The summed E-state index contributed by atoms with van der Waals surface area (Å²) in [6.07, 6.45) is -0.165. The van der Waals surface area contributed by atoms with Gasteiger partial charge in [-0.2, -0.15) is 0 Å². The van der Waals surface area contributed by atoms with Gasteiger partial charge in [0.2, 0.25) is 0 Å². The van der Waals surface area contributed by atoms with Crippen LogP contribution in [0.15, 0.2) is 52.1 Å². The van der Waals surface area contributed by atoms with E-state index in [9.17, 15) is 33.1 Å². The number of rotatable bonds is 6. The third-order valence-corrected chi connectivity index (χ3v) is 5.43. The van der Waals surface area contributed by atoms with Crippen LogP contribution >= 0.6 is 0 Å². The Balaban J connectivity index is 1.87. The number of benzene rings is 2. The van der Waals surface area contributed by atoms with Gasteiger partial charge in [-0.05, 0) is 30.2 Å². The Morgan fingerprint density at radius 1 is 1.00 bits per heavy atom. The van der Waals surface area contributed by atoms with E-state index in [1.54, 1.807) is 38.2 Å². The first kappa shape index (κ1) is 23.6. The molecule has 2 N–H and O–H groups in total. The van der Waals surface area contributed by atoms with E-state index < -0.39 is 46.4 Å². The van der Waals surface area contributed by atoms with Gasteiger partial charge >= 0.3 is 11.7 Å². The minimum atomic E-state index is -1.45. The van der Waals surface area contributed by atoms with Crippen molar-refractivity contribution >= 4 is 11.9 Å². The molecule has 1 aromatic heterocycles. The predicted octanol–water partition coefficient (Wildman–Crippen LogP) is 1.76. The molecule has 1 atom stereocenters. The van der Waals surface area contributed by atoms with Crippen LogP contribution in [0.1, 0.15) is 21.6 Å². The minimum absolute atomic E-state index is 0.165. The minimum Gasteiger partial charge on any atom is -0.480 e. The number of hydrogen-bond acceptors (Lipinski definition) is 4. The maximum atomic E-state index is 13.8. The summed E-state index contributed by atoms with van der Waals surface area (Å²) in [5.41, 5.74) is 0.0366. The van der Waals surface area contributed by atoms with Crippen LogP contribution < -0.4 is 16.6 Å². The first-order chi connectivity index (χ1) is 15.5. The number of carboxylic acid groups (broad SMARTS) is 1. The molecular weight excluding hydrogens is 436 g/mol. The van der Waals surface area contributed by atoms with E-state index in [1.807, 2.05) is 0 Å². The zero-order valence-corrected chi connectivity index (χ0v) is 18.1. The van der Waals surface area contributed by atoms with Crippen molar-refractivity contribution in [2.75, 3.05) is 0 Å². The monoisotopic (exact) mass is 457 g/mol. The number of nitrogens with one attached hydrogen (secondary N) is 1. The molecule has 10 heteroatoms. The highest BCUT2D eigenvalue weighted by Gasteiger charge is 2.25. The van der Waals surface area contributed by atoms with Crippen LogP contribution in [0, 0.1) is 18.6 Å². The molecule has 3 aromatic rings. The molecule has 0 saturated heterocycles. The van der Waals surface area contributed by atoms with Gasteiger partial charge in [-0.15, -0.1) is 0 Å². The lowest BCUT2D eigenvalue weighted by Gasteiger charge is -2.16. The van der Waals surface area contributed by atoms with Gasteiger partial charge in [0.25, 0.3) is 11.5 Å². The molecule has 1 amide bonds. The largest absolute Gasteiger partial charge is 0.480 e. The zero-order chi connectivity index (χ0) is 24.4. The Bertz CT molecular complexity index is 1340. The van der Waals surface area contributed by atoms with Crippen molar-refractivity contribution in [3.8, 4) is 11.1 Å². The van der Waals surface area contributed by atoms with Crippen molar-refractivity contribution in [3.05, 3.63) is 91.8 Å². The SMILES string of the molecule is Cc1c(-c2ccc(C[C@H](NC(=O)c3c(F)cccc3F)C(=O)O)cc2)c(=O)n(C)c(=O)n1C. The Kier molecular flexibility index (Phi) is 6.57. The van der Waals surface area contributed by atoms with Crippen LogP contribution in [0.25, 0.3) is 11.1 Å². The van der Waals surface area contributed by atoms with Crippen molar-refractivity contribution < 1.29 is 23.5 Å².